The normalized spacial score (nSPS) is 13.9. The number of furan rings is 1. The van der Waals surface area contributed by atoms with Crippen LogP contribution in [-0.2, 0) is 12.1 Å². The molecule has 0 bridgehead atoms. The summed E-state index contributed by atoms with van der Waals surface area (Å²) in [5.74, 6) is 2.03. The van der Waals surface area contributed by atoms with Crippen LogP contribution in [0.25, 0.3) is 0 Å². The third kappa shape index (κ3) is 7.72. The molecule has 1 aromatic carbocycles. The second-order valence-electron chi connectivity index (χ2n) is 7.32. The molecule has 166 valence electrons. The summed E-state index contributed by atoms with van der Waals surface area (Å²) in [4.78, 5) is 6.95. The number of aliphatic imine (C=N–C) groups is 1. The molecule has 0 aliphatic carbocycles. The summed E-state index contributed by atoms with van der Waals surface area (Å²) >= 11 is 0. The van der Waals surface area contributed by atoms with Crippen LogP contribution in [0.3, 0.4) is 0 Å². The van der Waals surface area contributed by atoms with Crippen LogP contribution in [0.1, 0.15) is 39.0 Å². The topological polar surface area (TPSA) is 82.3 Å². The highest BCUT2D eigenvalue weighted by molar-refractivity contribution is 5.79. The van der Waals surface area contributed by atoms with E-state index in [0.29, 0.717) is 24.9 Å². The predicted octanol–water partition coefficient (Wildman–Crippen LogP) is 2.96. The maximum absolute atomic E-state index is 10.6. The van der Waals surface area contributed by atoms with Gasteiger partial charge < -0.3 is 29.8 Å². The Morgan fingerprint density at radius 1 is 1.13 bits per heavy atom. The van der Waals surface area contributed by atoms with Crippen molar-refractivity contribution in [2.75, 3.05) is 39.3 Å². The summed E-state index contributed by atoms with van der Waals surface area (Å²) in [5.41, 5.74) is -0.0369. The van der Waals surface area contributed by atoms with E-state index in [1.807, 2.05) is 31.2 Å². The second-order valence-corrected chi connectivity index (χ2v) is 7.32. The van der Waals surface area contributed by atoms with Gasteiger partial charge in [-0.2, -0.15) is 0 Å². The fraction of sp³-hybridized carbons (Fsp3) is 0.522. The van der Waals surface area contributed by atoms with Crippen LogP contribution in [0.4, 0.5) is 0 Å². The summed E-state index contributed by atoms with van der Waals surface area (Å²) < 4.78 is 11.2. The van der Waals surface area contributed by atoms with Gasteiger partial charge >= 0.3 is 0 Å². The Labute approximate surface area is 180 Å². The number of hydrogen-bond acceptors (Lipinski definition) is 5. The van der Waals surface area contributed by atoms with Gasteiger partial charge in [-0.25, -0.2) is 4.99 Å². The number of hydrogen-bond donors (Lipinski definition) is 3. The van der Waals surface area contributed by atoms with Crippen molar-refractivity contribution in [3.05, 3.63) is 54.0 Å². The first kappa shape index (κ1) is 23.8. The minimum Gasteiger partial charge on any atom is -0.492 e. The molecule has 0 amide bonds. The fourth-order valence-electron chi connectivity index (χ4n) is 2.96. The summed E-state index contributed by atoms with van der Waals surface area (Å²) in [7, 11) is 0. The molecule has 1 unspecified atom stereocenters. The van der Waals surface area contributed by atoms with Crippen LogP contribution >= 0.6 is 0 Å². The molecule has 0 saturated heterocycles. The molecule has 0 saturated carbocycles. The summed E-state index contributed by atoms with van der Waals surface area (Å²) in [6.07, 6.45) is 1.56. The molecule has 0 aliphatic rings. The fourth-order valence-corrected chi connectivity index (χ4v) is 2.96. The minimum atomic E-state index is -1.12. The number of rotatable bonds is 12. The van der Waals surface area contributed by atoms with E-state index >= 15 is 0 Å². The van der Waals surface area contributed by atoms with Crippen molar-refractivity contribution >= 4 is 5.96 Å². The lowest BCUT2D eigenvalue weighted by Gasteiger charge is -2.22. The van der Waals surface area contributed by atoms with Gasteiger partial charge in [-0.3, -0.25) is 0 Å². The lowest BCUT2D eigenvalue weighted by atomic mass is 10.0. The number of aliphatic hydroxyl groups is 1. The van der Waals surface area contributed by atoms with Gasteiger partial charge in [0.15, 0.2) is 5.96 Å². The lowest BCUT2D eigenvalue weighted by Crippen LogP contribution is -2.44. The SMILES string of the molecule is CCNC(=NCc1ccc(OCCN(CC)CC)cc1)NCC(C)(O)c1ccco1. The number of nitrogens with zero attached hydrogens (tertiary/aromatic N) is 2. The third-order valence-corrected chi connectivity index (χ3v) is 4.91. The van der Waals surface area contributed by atoms with Crippen LogP contribution in [0.5, 0.6) is 5.75 Å². The lowest BCUT2D eigenvalue weighted by molar-refractivity contribution is 0.0386. The monoisotopic (exact) mass is 416 g/mol. The molecular weight excluding hydrogens is 380 g/mol. The van der Waals surface area contributed by atoms with Crippen molar-refractivity contribution in [2.24, 2.45) is 4.99 Å². The molecule has 2 rings (SSSR count). The predicted molar refractivity (Wildman–Crippen MR) is 121 cm³/mol. The standard InChI is InChI=1S/C23H36N4O3/c1-5-24-22(26-18-23(4,28)21-9-8-15-30-21)25-17-19-10-12-20(13-11-19)29-16-14-27(6-2)7-3/h8-13,15,28H,5-7,14,16-18H2,1-4H3,(H2,24,25,26). The molecule has 1 aromatic heterocycles. The number of ether oxygens (including phenoxy) is 1. The number of nitrogens with one attached hydrogen (secondary N) is 2. The van der Waals surface area contributed by atoms with Crippen molar-refractivity contribution in [1.29, 1.82) is 0 Å². The maximum atomic E-state index is 10.6. The summed E-state index contributed by atoms with van der Waals surface area (Å²) in [6.45, 7) is 13.3. The van der Waals surface area contributed by atoms with Gasteiger partial charge in [-0.15, -0.1) is 0 Å². The number of guanidine groups is 1. The maximum Gasteiger partial charge on any atom is 0.191 e. The molecule has 7 nitrogen and oxygen atoms in total. The van der Waals surface area contributed by atoms with Gasteiger partial charge in [0.1, 0.15) is 23.7 Å². The number of benzene rings is 1. The van der Waals surface area contributed by atoms with Gasteiger partial charge in [-0.1, -0.05) is 26.0 Å². The Balaban J connectivity index is 1.86. The Morgan fingerprint density at radius 2 is 1.87 bits per heavy atom. The average molecular weight is 417 g/mol. The van der Waals surface area contributed by atoms with Crippen LogP contribution in [0, 0.1) is 0 Å². The third-order valence-electron chi connectivity index (χ3n) is 4.91. The molecule has 0 aliphatic heterocycles. The highest BCUT2D eigenvalue weighted by Gasteiger charge is 2.26. The Morgan fingerprint density at radius 3 is 2.47 bits per heavy atom. The van der Waals surface area contributed by atoms with Crippen LogP contribution in [-0.4, -0.2) is 55.3 Å². The van der Waals surface area contributed by atoms with E-state index < -0.39 is 5.60 Å². The van der Waals surface area contributed by atoms with E-state index in [1.54, 1.807) is 25.3 Å². The highest BCUT2D eigenvalue weighted by atomic mass is 16.5. The molecule has 1 heterocycles. The van der Waals surface area contributed by atoms with Crippen LogP contribution in [0.15, 0.2) is 52.1 Å². The molecule has 7 heteroatoms. The van der Waals surface area contributed by atoms with Crippen molar-refractivity contribution in [2.45, 2.75) is 39.8 Å². The van der Waals surface area contributed by atoms with Gasteiger partial charge in [0.25, 0.3) is 0 Å². The van der Waals surface area contributed by atoms with E-state index in [2.05, 4.69) is 34.4 Å². The number of likely N-dealkylation sites (N-methyl/N-ethyl adjacent to an activating group) is 1. The molecule has 3 N–H and O–H groups in total. The van der Waals surface area contributed by atoms with Crippen molar-refractivity contribution in [1.82, 2.24) is 15.5 Å². The Hall–Kier alpha value is -2.51. The van der Waals surface area contributed by atoms with E-state index in [1.165, 1.54) is 0 Å². The smallest absolute Gasteiger partial charge is 0.191 e. The zero-order valence-corrected chi connectivity index (χ0v) is 18.6. The molecule has 2 aromatic rings. The first-order chi connectivity index (χ1) is 14.5. The average Bonchev–Trinajstić information content (AvgIpc) is 3.30. The van der Waals surface area contributed by atoms with Gasteiger partial charge in [0, 0.05) is 13.1 Å². The van der Waals surface area contributed by atoms with E-state index in [4.69, 9.17) is 9.15 Å². The molecule has 30 heavy (non-hydrogen) atoms. The van der Waals surface area contributed by atoms with Gasteiger partial charge in [-0.05, 0) is 56.8 Å². The quantitative estimate of drug-likeness (QED) is 0.365. The van der Waals surface area contributed by atoms with Crippen molar-refractivity contribution < 1.29 is 14.3 Å². The van der Waals surface area contributed by atoms with E-state index in [-0.39, 0.29) is 6.54 Å². The Bertz CT molecular complexity index is 738. The van der Waals surface area contributed by atoms with Crippen molar-refractivity contribution in [3.8, 4) is 5.75 Å². The largest absolute Gasteiger partial charge is 0.492 e. The summed E-state index contributed by atoms with van der Waals surface area (Å²) in [5, 5.41) is 17.0. The molecule has 0 spiro atoms. The molecule has 1 atom stereocenters. The van der Waals surface area contributed by atoms with Gasteiger partial charge in [0.05, 0.1) is 19.4 Å². The van der Waals surface area contributed by atoms with Crippen molar-refractivity contribution in [3.63, 3.8) is 0 Å². The second kappa shape index (κ2) is 12.2. The van der Waals surface area contributed by atoms with E-state index in [0.717, 1.165) is 37.5 Å². The van der Waals surface area contributed by atoms with E-state index in [9.17, 15) is 5.11 Å². The minimum absolute atomic E-state index is 0.283. The highest BCUT2D eigenvalue weighted by Crippen LogP contribution is 2.19. The molecular formula is C23H36N4O3. The first-order valence-corrected chi connectivity index (χ1v) is 10.7. The summed E-state index contributed by atoms with van der Waals surface area (Å²) in [6, 6.07) is 11.5. The Kier molecular flexibility index (Phi) is 9.70. The van der Waals surface area contributed by atoms with Crippen LogP contribution in [0.2, 0.25) is 0 Å². The molecule has 0 fully saturated rings. The zero-order chi connectivity index (χ0) is 21.8. The van der Waals surface area contributed by atoms with Crippen LogP contribution < -0.4 is 15.4 Å². The zero-order valence-electron chi connectivity index (χ0n) is 18.6. The van der Waals surface area contributed by atoms with Gasteiger partial charge in [0.2, 0.25) is 0 Å². The molecule has 0 radical (unpaired) electrons. The first-order valence-electron chi connectivity index (χ1n) is 10.7.